The van der Waals surface area contributed by atoms with Crippen LogP contribution in [0.4, 0.5) is 5.69 Å². The number of halogens is 1. The van der Waals surface area contributed by atoms with Crippen molar-refractivity contribution in [1.82, 2.24) is 20.3 Å². The van der Waals surface area contributed by atoms with Gasteiger partial charge in [0.2, 0.25) is 0 Å². The molecule has 0 aliphatic carbocycles. The van der Waals surface area contributed by atoms with E-state index in [1.54, 1.807) is 29.1 Å². The van der Waals surface area contributed by atoms with Crippen LogP contribution in [-0.4, -0.2) is 26.0 Å². The van der Waals surface area contributed by atoms with E-state index in [4.69, 9.17) is 23.8 Å². The Morgan fingerprint density at radius 3 is 2.37 bits per heavy atom. The van der Waals surface area contributed by atoms with E-state index in [0.29, 0.717) is 16.1 Å². The molecule has 1 aromatic heterocycles. The van der Waals surface area contributed by atoms with E-state index < -0.39 is 0 Å². The summed E-state index contributed by atoms with van der Waals surface area (Å²) in [5.74, 6) is -0.373. The first-order chi connectivity index (χ1) is 14.4. The number of rotatable bonds is 3. The van der Waals surface area contributed by atoms with Crippen molar-refractivity contribution in [2.45, 2.75) is 13.8 Å². The minimum atomic E-state index is -0.373. The second kappa shape index (κ2) is 8.22. The third-order valence-corrected chi connectivity index (χ3v) is 5.12. The highest BCUT2D eigenvalue weighted by molar-refractivity contribution is 7.80. The van der Waals surface area contributed by atoms with Gasteiger partial charge in [-0.3, -0.25) is 10.1 Å². The second-order valence-electron chi connectivity index (χ2n) is 6.87. The zero-order chi connectivity index (χ0) is 21.3. The molecule has 0 radical (unpaired) electrons. The Kier molecular flexibility index (Phi) is 5.48. The normalized spacial score (nSPS) is 10.8. The maximum absolute atomic E-state index is 12.4. The Morgan fingerprint density at radius 2 is 1.67 bits per heavy atom. The van der Waals surface area contributed by atoms with Crippen LogP contribution in [0.2, 0.25) is 5.02 Å². The van der Waals surface area contributed by atoms with Crippen LogP contribution < -0.4 is 10.6 Å². The van der Waals surface area contributed by atoms with Crippen molar-refractivity contribution >= 4 is 51.6 Å². The highest BCUT2D eigenvalue weighted by Crippen LogP contribution is 2.22. The number of aromatic nitrogens is 3. The summed E-state index contributed by atoms with van der Waals surface area (Å²) >= 11 is 11.4. The minimum Gasteiger partial charge on any atom is -0.332 e. The molecular formula is C22H18ClN5OS. The predicted octanol–water partition coefficient (Wildman–Crippen LogP) is 4.82. The van der Waals surface area contributed by atoms with Gasteiger partial charge in [0.25, 0.3) is 5.91 Å². The number of carbonyl (C=O) groups excluding carboxylic acids is 1. The summed E-state index contributed by atoms with van der Waals surface area (Å²) in [6.07, 6.45) is 0. The van der Waals surface area contributed by atoms with Gasteiger partial charge in [0.1, 0.15) is 11.0 Å². The lowest BCUT2D eigenvalue weighted by atomic mass is 10.2. The fourth-order valence-corrected chi connectivity index (χ4v) is 3.39. The van der Waals surface area contributed by atoms with E-state index >= 15 is 0 Å². The third kappa shape index (κ3) is 4.17. The van der Waals surface area contributed by atoms with Crippen LogP contribution in [0.25, 0.3) is 16.7 Å². The summed E-state index contributed by atoms with van der Waals surface area (Å²) < 4.78 is 0. The molecule has 2 N–H and O–H groups in total. The van der Waals surface area contributed by atoms with Crippen molar-refractivity contribution in [3.05, 3.63) is 82.4 Å². The predicted molar refractivity (Wildman–Crippen MR) is 123 cm³/mol. The molecule has 0 aliphatic rings. The van der Waals surface area contributed by atoms with Gasteiger partial charge in [-0.2, -0.15) is 4.80 Å². The molecule has 150 valence electrons. The first kappa shape index (κ1) is 20.0. The molecule has 4 rings (SSSR count). The number of amides is 1. The van der Waals surface area contributed by atoms with Crippen LogP contribution in [0.3, 0.4) is 0 Å². The standard InChI is InChI=1S/C22H18ClN5OS/c1-13-7-9-15(10-8-13)28-26-19-11-14(2)18(12-20(19)27-28)24-22(30)25-21(29)16-5-3-4-6-17(16)23/h3-12H,1-2H3,(H2,24,25,29,30). The van der Waals surface area contributed by atoms with Gasteiger partial charge in [0, 0.05) is 5.69 Å². The van der Waals surface area contributed by atoms with Gasteiger partial charge < -0.3 is 5.32 Å². The molecule has 8 heteroatoms. The summed E-state index contributed by atoms with van der Waals surface area (Å²) in [4.78, 5) is 14.0. The fraction of sp³-hybridized carbons (Fsp3) is 0.0909. The number of fused-ring (bicyclic) bond motifs is 1. The summed E-state index contributed by atoms with van der Waals surface area (Å²) in [7, 11) is 0. The maximum atomic E-state index is 12.4. The highest BCUT2D eigenvalue weighted by Gasteiger charge is 2.13. The Bertz CT molecular complexity index is 1270. The Morgan fingerprint density at radius 1 is 1.00 bits per heavy atom. The molecule has 3 aromatic carbocycles. The van der Waals surface area contributed by atoms with Crippen molar-refractivity contribution in [2.24, 2.45) is 0 Å². The first-order valence-corrected chi connectivity index (χ1v) is 10.0. The molecule has 1 heterocycles. The van der Waals surface area contributed by atoms with Crippen molar-refractivity contribution < 1.29 is 4.79 Å². The van der Waals surface area contributed by atoms with E-state index in [0.717, 1.165) is 22.5 Å². The Hall–Kier alpha value is -3.29. The van der Waals surface area contributed by atoms with E-state index in [-0.39, 0.29) is 11.0 Å². The number of carbonyl (C=O) groups is 1. The van der Waals surface area contributed by atoms with Crippen LogP contribution in [0, 0.1) is 13.8 Å². The monoisotopic (exact) mass is 435 g/mol. The molecule has 0 bridgehead atoms. The number of thiocarbonyl (C=S) groups is 1. The Labute approximate surface area is 183 Å². The molecular weight excluding hydrogens is 418 g/mol. The van der Waals surface area contributed by atoms with Gasteiger partial charge in [0.05, 0.1) is 16.3 Å². The smallest absolute Gasteiger partial charge is 0.258 e. The highest BCUT2D eigenvalue weighted by atomic mass is 35.5. The average molecular weight is 436 g/mol. The number of hydrogen-bond donors (Lipinski definition) is 2. The molecule has 0 spiro atoms. The number of nitrogens with one attached hydrogen (secondary N) is 2. The topological polar surface area (TPSA) is 71.8 Å². The zero-order valence-electron chi connectivity index (χ0n) is 16.3. The minimum absolute atomic E-state index is 0.174. The van der Waals surface area contributed by atoms with E-state index in [9.17, 15) is 4.79 Å². The van der Waals surface area contributed by atoms with Gasteiger partial charge in [-0.1, -0.05) is 41.4 Å². The van der Waals surface area contributed by atoms with Crippen LogP contribution in [-0.2, 0) is 0 Å². The summed E-state index contributed by atoms with van der Waals surface area (Å²) in [6.45, 7) is 3.97. The molecule has 0 aliphatic heterocycles. The van der Waals surface area contributed by atoms with E-state index in [1.165, 1.54) is 5.56 Å². The maximum Gasteiger partial charge on any atom is 0.258 e. The van der Waals surface area contributed by atoms with Gasteiger partial charge >= 0.3 is 0 Å². The summed E-state index contributed by atoms with van der Waals surface area (Å²) in [6, 6.07) is 18.6. The SMILES string of the molecule is Cc1ccc(-n2nc3cc(C)c(NC(=S)NC(=O)c4ccccc4Cl)cc3n2)cc1. The largest absolute Gasteiger partial charge is 0.332 e. The van der Waals surface area contributed by atoms with Crippen molar-refractivity contribution in [1.29, 1.82) is 0 Å². The number of hydrogen-bond acceptors (Lipinski definition) is 4. The molecule has 1 amide bonds. The quantitative estimate of drug-likeness (QED) is 0.451. The molecule has 6 nitrogen and oxygen atoms in total. The van der Waals surface area contributed by atoms with Gasteiger partial charge in [0.15, 0.2) is 5.11 Å². The molecule has 0 unspecified atom stereocenters. The number of benzene rings is 3. The Balaban J connectivity index is 1.54. The average Bonchev–Trinajstić information content (AvgIpc) is 3.11. The van der Waals surface area contributed by atoms with Crippen LogP contribution in [0.1, 0.15) is 21.5 Å². The lowest BCUT2D eigenvalue weighted by Crippen LogP contribution is -2.34. The lowest BCUT2D eigenvalue weighted by Gasteiger charge is -2.12. The first-order valence-electron chi connectivity index (χ1n) is 9.22. The number of anilines is 1. The van der Waals surface area contributed by atoms with Gasteiger partial charge in [-0.05, 0) is 68.0 Å². The fourth-order valence-electron chi connectivity index (χ4n) is 2.97. The van der Waals surface area contributed by atoms with Gasteiger partial charge in [-0.15, -0.1) is 10.2 Å². The lowest BCUT2D eigenvalue weighted by molar-refractivity contribution is 0.0978. The zero-order valence-corrected chi connectivity index (χ0v) is 17.9. The van der Waals surface area contributed by atoms with Crippen molar-refractivity contribution in [2.75, 3.05) is 5.32 Å². The van der Waals surface area contributed by atoms with Gasteiger partial charge in [-0.25, -0.2) is 0 Å². The van der Waals surface area contributed by atoms with Crippen LogP contribution in [0.15, 0.2) is 60.7 Å². The number of nitrogens with zero attached hydrogens (tertiary/aromatic N) is 3. The number of aryl methyl sites for hydroxylation is 2. The van der Waals surface area contributed by atoms with Crippen LogP contribution in [0.5, 0.6) is 0 Å². The molecule has 0 saturated carbocycles. The molecule has 30 heavy (non-hydrogen) atoms. The third-order valence-electron chi connectivity index (χ3n) is 4.59. The molecule has 4 aromatic rings. The van der Waals surface area contributed by atoms with E-state index in [1.807, 2.05) is 50.2 Å². The summed E-state index contributed by atoms with van der Waals surface area (Å²) in [5, 5.41) is 15.4. The summed E-state index contributed by atoms with van der Waals surface area (Å²) in [5.41, 5.74) is 5.55. The van der Waals surface area contributed by atoms with Crippen molar-refractivity contribution in [3.8, 4) is 5.69 Å². The van der Waals surface area contributed by atoms with Crippen molar-refractivity contribution in [3.63, 3.8) is 0 Å². The molecule has 0 saturated heterocycles. The molecule has 0 fully saturated rings. The van der Waals surface area contributed by atoms with E-state index in [2.05, 4.69) is 20.8 Å². The molecule has 0 atom stereocenters. The van der Waals surface area contributed by atoms with Crippen LogP contribution >= 0.6 is 23.8 Å². The second-order valence-corrected chi connectivity index (χ2v) is 7.68.